The number of halogens is 2. The van der Waals surface area contributed by atoms with E-state index < -0.39 is 17.5 Å². The van der Waals surface area contributed by atoms with Crippen LogP contribution in [0.25, 0.3) is 10.6 Å². The third-order valence-corrected chi connectivity index (χ3v) is 5.91. The Balaban J connectivity index is 1.54. The molecule has 4 N–H and O–H groups in total. The van der Waals surface area contributed by atoms with Crippen molar-refractivity contribution in [1.82, 2.24) is 9.97 Å². The number of nitrogens with one attached hydrogen (secondary N) is 1. The number of rotatable bonds is 5. The second-order valence-corrected chi connectivity index (χ2v) is 8.23. The van der Waals surface area contributed by atoms with Gasteiger partial charge in [0.15, 0.2) is 5.69 Å². The van der Waals surface area contributed by atoms with E-state index in [1.165, 1.54) is 12.3 Å². The molecule has 3 aromatic rings. The highest BCUT2D eigenvalue weighted by molar-refractivity contribution is 7.19. The van der Waals surface area contributed by atoms with Crippen LogP contribution in [0.4, 0.5) is 19.5 Å². The fraction of sp³-hybridized carbons (Fsp3) is 0.286. The molecule has 1 amide bonds. The van der Waals surface area contributed by atoms with Gasteiger partial charge >= 0.3 is 0 Å². The van der Waals surface area contributed by atoms with Gasteiger partial charge in [0.2, 0.25) is 0 Å². The molecule has 31 heavy (non-hydrogen) atoms. The lowest BCUT2D eigenvalue weighted by Crippen LogP contribution is -2.27. The number of aliphatic hydroxyl groups is 1. The number of pyridine rings is 1. The fourth-order valence-corrected chi connectivity index (χ4v) is 4.28. The van der Waals surface area contributed by atoms with Crippen LogP contribution < -0.4 is 15.8 Å². The Labute approximate surface area is 180 Å². The molecule has 4 rings (SSSR count). The number of carbonyl (C=O) groups is 1. The van der Waals surface area contributed by atoms with Crippen molar-refractivity contribution >= 4 is 27.9 Å². The largest absolute Gasteiger partial charge is 0.488 e. The Morgan fingerprint density at radius 1 is 1.19 bits per heavy atom. The maximum absolute atomic E-state index is 14.1. The Morgan fingerprint density at radius 2 is 1.90 bits per heavy atom. The molecule has 1 saturated carbocycles. The number of nitrogens with zero attached hydrogens (tertiary/aromatic N) is 2. The smallest absolute Gasteiger partial charge is 0.277 e. The molecule has 1 aliphatic carbocycles. The summed E-state index contributed by atoms with van der Waals surface area (Å²) in [4.78, 5) is 20.9. The van der Waals surface area contributed by atoms with Crippen molar-refractivity contribution in [2.24, 2.45) is 0 Å². The Bertz CT molecular complexity index is 1080. The van der Waals surface area contributed by atoms with E-state index in [-0.39, 0.29) is 33.5 Å². The van der Waals surface area contributed by atoms with Crippen LogP contribution in [0.5, 0.6) is 5.75 Å². The summed E-state index contributed by atoms with van der Waals surface area (Å²) in [6.07, 6.45) is 5.30. The van der Waals surface area contributed by atoms with Crippen LogP contribution in [0.15, 0.2) is 36.7 Å². The van der Waals surface area contributed by atoms with Crippen LogP contribution in [0, 0.1) is 11.6 Å². The van der Waals surface area contributed by atoms with Crippen molar-refractivity contribution in [3.05, 3.63) is 54.0 Å². The number of nitrogen functional groups attached to an aromatic ring is 1. The Hall–Kier alpha value is -3.11. The average molecular weight is 446 g/mol. The van der Waals surface area contributed by atoms with Crippen molar-refractivity contribution in [2.75, 3.05) is 11.1 Å². The molecule has 0 bridgehead atoms. The van der Waals surface area contributed by atoms with Gasteiger partial charge in [-0.3, -0.25) is 9.78 Å². The maximum Gasteiger partial charge on any atom is 0.277 e. The molecule has 0 radical (unpaired) electrons. The van der Waals surface area contributed by atoms with Crippen molar-refractivity contribution in [3.8, 4) is 16.3 Å². The van der Waals surface area contributed by atoms with E-state index >= 15 is 0 Å². The fourth-order valence-electron chi connectivity index (χ4n) is 3.41. The SMILES string of the molecule is Nc1sc(-c2c(F)cccc2F)nc1C(=O)Nc1cnccc1OC1CCC(O)CC1. The summed E-state index contributed by atoms with van der Waals surface area (Å²) in [6.45, 7) is 0. The molecule has 1 fully saturated rings. The number of anilines is 2. The summed E-state index contributed by atoms with van der Waals surface area (Å²) in [5.74, 6) is -1.80. The minimum Gasteiger partial charge on any atom is -0.488 e. The zero-order valence-corrected chi connectivity index (χ0v) is 17.2. The molecule has 2 aromatic heterocycles. The number of aromatic nitrogens is 2. The van der Waals surface area contributed by atoms with Gasteiger partial charge in [-0.2, -0.15) is 0 Å². The molecular formula is C21H20F2N4O3S. The van der Waals surface area contributed by atoms with Gasteiger partial charge < -0.3 is 20.9 Å². The van der Waals surface area contributed by atoms with Crippen LogP contribution in [0.3, 0.4) is 0 Å². The summed E-state index contributed by atoms with van der Waals surface area (Å²) in [5.41, 5.74) is 5.77. The monoisotopic (exact) mass is 446 g/mol. The minimum atomic E-state index is -0.791. The van der Waals surface area contributed by atoms with E-state index in [0.29, 0.717) is 37.1 Å². The molecule has 1 aliphatic rings. The number of hydrogen-bond acceptors (Lipinski definition) is 7. The topological polar surface area (TPSA) is 110 Å². The van der Waals surface area contributed by atoms with Crippen molar-refractivity contribution in [2.45, 2.75) is 37.9 Å². The first kappa shape index (κ1) is 21.1. The van der Waals surface area contributed by atoms with E-state index in [1.807, 2.05) is 0 Å². The molecule has 0 saturated heterocycles. The van der Waals surface area contributed by atoms with Crippen molar-refractivity contribution in [1.29, 1.82) is 0 Å². The van der Waals surface area contributed by atoms with Gasteiger partial charge in [-0.05, 0) is 37.8 Å². The van der Waals surface area contributed by atoms with Crippen molar-refractivity contribution in [3.63, 3.8) is 0 Å². The van der Waals surface area contributed by atoms with E-state index in [2.05, 4.69) is 15.3 Å². The predicted octanol–water partition coefficient (Wildman–Crippen LogP) is 4.00. The van der Waals surface area contributed by atoms with Gasteiger partial charge in [0, 0.05) is 12.3 Å². The highest BCUT2D eigenvalue weighted by Gasteiger charge is 2.24. The third kappa shape index (κ3) is 4.64. The van der Waals surface area contributed by atoms with E-state index in [4.69, 9.17) is 10.5 Å². The zero-order chi connectivity index (χ0) is 22.0. The summed E-state index contributed by atoms with van der Waals surface area (Å²) < 4.78 is 34.1. The number of nitrogens with two attached hydrogens (primary N) is 1. The number of carbonyl (C=O) groups excluding carboxylic acids is 1. The van der Waals surface area contributed by atoms with Crippen LogP contribution in [-0.2, 0) is 0 Å². The second-order valence-electron chi connectivity index (χ2n) is 7.20. The molecule has 7 nitrogen and oxygen atoms in total. The number of thiazole rings is 1. The average Bonchev–Trinajstić information content (AvgIpc) is 3.12. The molecule has 2 heterocycles. The first-order valence-electron chi connectivity index (χ1n) is 9.73. The van der Waals surface area contributed by atoms with Crippen LogP contribution in [-0.4, -0.2) is 33.2 Å². The normalized spacial score (nSPS) is 18.5. The number of benzene rings is 1. The highest BCUT2D eigenvalue weighted by atomic mass is 32.1. The lowest BCUT2D eigenvalue weighted by atomic mass is 9.95. The van der Waals surface area contributed by atoms with Gasteiger partial charge in [0.25, 0.3) is 5.91 Å². The van der Waals surface area contributed by atoms with Gasteiger partial charge in [0.05, 0.1) is 24.0 Å². The molecule has 0 atom stereocenters. The van der Waals surface area contributed by atoms with Crippen LogP contribution in [0.1, 0.15) is 36.2 Å². The number of amides is 1. The van der Waals surface area contributed by atoms with Crippen molar-refractivity contribution < 1.29 is 23.4 Å². The second kappa shape index (κ2) is 8.94. The zero-order valence-electron chi connectivity index (χ0n) is 16.3. The lowest BCUT2D eigenvalue weighted by Gasteiger charge is -2.26. The maximum atomic E-state index is 14.1. The predicted molar refractivity (Wildman–Crippen MR) is 113 cm³/mol. The molecule has 10 heteroatoms. The number of ether oxygens (including phenoxy) is 1. The molecule has 162 valence electrons. The number of aliphatic hydroxyl groups excluding tert-OH is 1. The van der Waals surface area contributed by atoms with Gasteiger partial charge in [-0.25, -0.2) is 13.8 Å². The van der Waals surface area contributed by atoms with E-state index in [9.17, 15) is 18.7 Å². The third-order valence-electron chi connectivity index (χ3n) is 5.01. The van der Waals surface area contributed by atoms with Gasteiger partial charge in [0.1, 0.15) is 33.1 Å². The lowest BCUT2D eigenvalue weighted by molar-refractivity contribution is 0.0668. The Kier molecular flexibility index (Phi) is 6.10. The number of hydrogen-bond donors (Lipinski definition) is 3. The first-order valence-corrected chi connectivity index (χ1v) is 10.5. The molecule has 0 unspecified atom stereocenters. The molecule has 1 aromatic carbocycles. The summed E-state index contributed by atoms with van der Waals surface area (Å²) in [6, 6.07) is 5.10. The van der Waals surface area contributed by atoms with E-state index in [1.54, 1.807) is 12.3 Å². The summed E-state index contributed by atoms with van der Waals surface area (Å²) in [7, 11) is 0. The molecular weight excluding hydrogens is 426 g/mol. The van der Waals surface area contributed by atoms with Gasteiger partial charge in [-0.1, -0.05) is 17.4 Å². The molecule has 0 aliphatic heterocycles. The summed E-state index contributed by atoms with van der Waals surface area (Å²) >= 11 is 0.823. The van der Waals surface area contributed by atoms with E-state index in [0.717, 1.165) is 23.5 Å². The standard InChI is InChI=1S/C21H20F2N4O3S/c22-13-2-1-3-14(23)17(13)21-27-18(19(24)31-21)20(29)26-15-10-25-9-8-16(15)30-12-6-4-11(28)5-7-12/h1-3,8-12,28H,4-7,24H2,(H,26,29). The van der Waals surface area contributed by atoms with Crippen LogP contribution >= 0.6 is 11.3 Å². The minimum absolute atomic E-state index is 0.0262. The first-order chi connectivity index (χ1) is 14.9. The summed E-state index contributed by atoms with van der Waals surface area (Å²) in [5, 5.41) is 12.3. The highest BCUT2D eigenvalue weighted by Crippen LogP contribution is 2.34. The molecule has 0 spiro atoms. The van der Waals surface area contributed by atoms with Gasteiger partial charge in [-0.15, -0.1) is 0 Å². The Morgan fingerprint density at radius 3 is 2.61 bits per heavy atom. The van der Waals surface area contributed by atoms with Crippen LogP contribution in [0.2, 0.25) is 0 Å². The quantitative estimate of drug-likeness (QED) is 0.546.